The molecule has 1 fully saturated rings. The summed E-state index contributed by atoms with van der Waals surface area (Å²) in [5.74, 6) is 1.53. The summed E-state index contributed by atoms with van der Waals surface area (Å²) >= 11 is 3.21. The number of carbonyl (C=O) groups is 1. The number of thioether (sulfide) groups is 1. The molecular formula is C14H16N2O3S2. The summed E-state index contributed by atoms with van der Waals surface area (Å²) in [6, 6.07) is 1.84. The summed E-state index contributed by atoms with van der Waals surface area (Å²) in [6.45, 7) is 0.317. The van der Waals surface area contributed by atoms with Crippen molar-refractivity contribution < 1.29 is 14.3 Å². The van der Waals surface area contributed by atoms with Gasteiger partial charge in [-0.15, -0.1) is 11.3 Å². The van der Waals surface area contributed by atoms with Crippen molar-refractivity contribution in [2.24, 2.45) is 0 Å². The molecule has 0 bridgehead atoms. The maximum absolute atomic E-state index is 11.9. The van der Waals surface area contributed by atoms with Crippen LogP contribution >= 0.6 is 23.1 Å². The Morgan fingerprint density at radius 2 is 2.48 bits per heavy atom. The summed E-state index contributed by atoms with van der Waals surface area (Å²) < 4.78 is 5.02. The molecule has 112 valence electrons. The van der Waals surface area contributed by atoms with Crippen molar-refractivity contribution in [3.05, 3.63) is 29.7 Å². The van der Waals surface area contributed by atoms with E-state index in [1.54, 1.807) is 24.3 Å². The molecule has 2 aromatic rings. The Hall–Kier alpha value is -1.31. The topological polar surface area (TPSA) is 75.4 Å². The predicted octanol–water partition coefficient (Wildman–Crippen LogP) is 1.93. The maximum atomic E-state index is 11.9. The van der Waals surface area contributed by atoms with Gasteiger partial charge in [0, 0.05) is 23.2 Å². The second-order valence-electron chi connectivity index (χ2n) is 5.14. The Labute approximate surface area is 130 Å². The molecule has 0 aromatic carbocycles. The molecule has 1 aliphatic heterocycles. The number of nitrogens with one attached hydrogen (secondary N) is 1. The van der Waals surface area contributed by atoms with Gasteiger partial charge in [-0.1, -0.05) is 0 Å². The first-order valence-electron chi connectivity index (χ1n) is 6.68. The standard InChI is InChI=1S/C14H16N2O3S2/c17-12(15-8-14(18)2-4-20-9-14)5-11-7-21-13(16-11)10-1-3-19-6-10/h1,3,6-7,18H,2,4-5,8-9H2,(H,15,17). The van der Waals surface area contributed by atoms with Crippen molar-refractivity contribution in [2.45, 2.75) is 18.4 Å². The Morgan fingerprint density at radius 1 is 1.57 bits per heavy atom. The summed E-state index contributed by atoms with van der Waals surface area (Å²) in [5.41, 5.74) is 0.912. The van der Waals surface area contributed by atoms with Crippen LogP contribution in [0.15, 0.2) is 28.4 Å². The fourth-order valence-corrected chi connectivity index (χ4v) is 4.23. The van der Waals surface area contributed by atoms with Gasteiger partial charge < -0.3 is 14.8 Å². The SMILES string of the molecule is O=C(Cc1csc(-c2ccoc2)n1)NCC1(O)CCSC1. The lowest BCUT2D eigenvalue weighted by Gasteiger charge is -2.21. The van der Waals surface area contributed by atoms with E-state index < -0.39 is 5.60 Å². The van der Waals surface area contributed by atoms with E-state index in [0.717, 1.165) is 28.4 Å². The molecule has 0 aliphatic carbocycles. The van der Waals surface area contributed by atoms with Gasteiger partial charge in [-0.25, -0.2) is 4.98 Å². The smallest absolute Gasteiger partial charge is 0.226 e. The van der Waals surface area contributed by atoms with Crippen LogP contribution in [0.2, 0.25) is 0 Å². The van der Waals surface area contributed by atoms with E-state index in [1.165, 1.54) is 11.3 Å². The maximum Gasteiger partial charge on any atom is 0.226 e. The van der Waals surface area contributed by atoms with Gasteiger partial charge in [0.15, 0.2) is 0 Å². The average molecular weight is 324 g/mol. The van der Waals surface area contributed by atoms with Gasteiger partial charge in [-0.3, -0.25) is 4.79 Å². The average Bonchev–Trinajstić information content (AvgIpc) is 3.17. The molecule has 0 spiro atoms. The molecular weight excluding hydrogens is 308 g/mol. The quantitative estimate of drug-likeness (QED) is 0.879. The van der Waals surface area contributed by atoms with E-state index in [-0.39, 0.29) is 12.3 Å². The summed E-state index contributed by atoms with van der Waals surface area (Å²) in [7, 11) is 0. The van der Waals surface area contributed by atoms with Crippen molar-refractivity contribution in [3.63, 3.8) is 0 Å². The highest BCUT2D eigenvalue weighted by molar-refractivity contribution is 7.99. The van der Waals surface area contributed by atoms with Crippen molar-refractivity contribution in [1.29, 1.82) is 0 Å². The lowest BCUT2D eigenvalue weighted by atomic mass is 10.0. The van der Waals surface area contributed by atoms with Crippen LogP contribution in [0.4, 0.5) is 0 Å². The fourth-order valence-electron chi connectivity index (χ4n) is 2.13. The highest BCUT2D eigenvalue weighted by Gasteiger charge is 2.31. The summed E-state index contributed by atoms with van der Waals surface area (Å²) in [4.78, 5) is 16.3. The van der Waals surface area contributed by atoms with Gasteiger partial charge in [0.1, 0.15) is 11.3 Å². The first-order chi connectivity index (χ1) is 10.1. The van der Waals surface area contributed by atoms with E-state index in [1.807, 2.05) is 11.4 Å². The zero-order valence-electron chi connectivity index (χ0n) is 11.4. The van der Waals surface area contributed by atoms with Gasteiger partial charge in [0.25, 0.3) is 0 Å². The van der Waals surface area contributed by atoms with Crippen LogP contribution in [0.25, 0.3) is 10.6 Å². The number of amides is 1. The predicted molar refractivity (Wildman–Crippen MR) is 83.4 cm³/mol. The van der Waals surface area contributed by atoms with Crippen molar-refractivity contribution in [3.8, 4) is 10.6 Å². The Bertz CT molecular complexity index is 604. The molecule has 1 aliphatic rings. The Kier molecular flexibility index (Phi) is 4.32. The Morgan fingerprint density at radius 3 is 3.19 bits per heavy atom. The minimum absolute atomic E-state index is 0.107. The van der Waals surface area contributed by atoms with Gasteiger partial charge >= 0.3 is 0 Å². The van der Waals surface area contributed by atoms with Gasteiger partial charge in [0.05, 0.1) is 24.0 Å². The highest BCUT2D eigenvalue weighted by atomic mass is 32.2. The van der Waals surface area contributed by atoms with E-state index in [4.69, 9.17) is 4.42 Å². The number of hydrogen-bond acceptors (Lipinski definition) is 6. The first-order valence-corrected chi connectivity index (χ1v) is 8.72. The molecule has 1 atom stereocenters. The summed E-state index contributed by atoms with van der Waals surface area (Å²) in [6.07, 6.45) is 4.20. The lowest BCUT2D eigenvalue weighted by Crippen LogP contribution is -2.43. The van der Waals surface area contributed by atoms with Crippen LogP contribution in [0.3, 0.4) is 0 Å². The van der Waals surface area contributed by atoms with Crippen LogP contribution < -0.4 is 5.32 Å². The third kappa shape index (κ3) is 3.66. The normalized spacial score (nSPS) is 21.6. The number of aromatic nitrogens is 1. The molecule has 0 radical (unpaired) electrons. The lowest BCUT2D eigenvalue weighted by molar-refractivity contribution is -0.121. The van der Waals surface area contributed by atoms with Crippen molar-refractivity contribution >= 4 is 29.0 Å². The van der Waals surface area contributed by atoms with Crippen molar-refractivity contribution in [1.82, 2.24) is 10.3 Å². The number of nitrogens with zero attached hydrogens (tertiary/aromatic N) is 1. The number of thiazole rings is 1. The molecule has 3 rings (SSSR count). The zero-order chi connectivity index (χ0) is 14.7. The highest BCUT2D eigenvalue weighted by Crippen LogP contribution is 2.27. The van der Waals surface area contributed by atoms with Crippen molar-refractivity contribution in [2.75, 3.05) is 18.1 Å². The van der Waals surface area contributed by atoms with Gasteiger partial charge in [-0.05, 0) is 18.2 Å². The third-order valence-electron chi connectivity index (χ3n) is 3.36. The van der Waals surface area contributed by atoms with Crippen LogP contribution in [-0.4, -0.2) is 39.6 Å². The molecule has 1 saturated heterocycles. The minimum Gasteiger partial charge on any atom is -0.472 e. The monoisotopic (exact) mass is 324 g/mol. The van der Waals surface area contributed by atoms with Crippen LogP contribution in [0.5, 0.6) is 0 Å². The van der Waals surface area contributed by atoms with Crippen LogP contribution in [-0.2, 0) is 11.2 Å². The van der Waals surface area contributed by atoms with Gasteiger partial charge in [-0.2, -0.15) is 11.8 Å². The number of carbonyl (C=O) groups excluding carboxylic acids is 1. The third-order valence-corrected chi connectivity index (χ3v) is 5.53. The fraction of sp³-hybridized carbons (Fsp3) is 0.429. The second kappa shape index (κ2) is 6.21. The van der Waals surface area contributed by atoms with E-state index >= 15 is 0 Å². The molecule has 1 unspecified atom stereocenters. The molecule has 2 N–H and O–H groups in total. The summed E-state index contributed by atoms with van der Waals surface area (Å²) in [5, 5.41) is 15.7. The van der Waals surface area contributed by atoms with E-state index in [9.17, 15) is 9.90 Å². The number of furan rings is 1. The number of rotatable bonds is 5. The van der Waals surface area contributed by atoms with Gasteiger partial charge in [0.2, 0.25) is 5.91 Å². The number of aliphatic hydroxyl groups is 1. The minimum atomic E-state index is -0.746. The second-order valence-corrected chi connectivity index (χ2v) is 7.10. The van der Waals surface area contributed by atoms with Crippen LogP contribution in [0.1, 0.15) is 12.1 Å². The molecule has 0 saturated carbocycles. The molecule has 5 nitrogen and oxygen atoms in total. The number of hydrogen-bond donors (Lipinski definition) is 2. The van der Waals surface area contributed by atoms with E-state index in [0.29, 0.717) is 12.3 Å². The Balaban J connectivity index is 1.53. The largest absolute Gasteiger partial charge is 0.472 e. The zero-order valence-corrected chi connectivity index (χ0v) is 13.0. The molecule has 21 heavy (non-hydrogen) atoms. The van der Waals surface area contributed by atoms with E-state index in [2.05, 4.69) is 10.3 Å². The van der Waals surface area contributed by atoms with Crippen LogP contribution in [0, 0.1) is 0 Å². The first kappa shape index (κ1) is 14.6. The molecule has 7 heteroatoms. The molecule has 1 amide bonds. The molecule has 2 aromatic heterocycles. The molecule has 3 heterocycles.